The predicted octanol–water partition coefficient (Wildman–Crippen LogP) is 3.40. The molecule has 1 aromatic heterocycles. The average molecular weight is 253 g/mol. The Balaban J connectivity index is 2.61. The molecule has 2 unspecified atom stereocenters. The molecule has 1 aromatic rings. The van der Waals surface area contributed by atoms with Crippen LogP contribution in [0.2, 0.25) is 0 Å². The summed E-state index contributed by atoms with van der Waals surface area (Å²) in [5.41, 5.74) is 0. The van der Waals surface area contributed by atoms with Crippen molar-refractivity contribution in [1.82, 2.24) is 5.32 Å². The Bertz CT molecular complexity index is 279. The van der Waals surface area contributed by atoms with E-state index in [4.69, 9.17) is 9.15 Å². The Labute approximate surface area is 111 Å². The topological polar surface area (TPSA) is 34.4 Å². The Morgan fingerprint density at radius 2 is 2.11 bits per heavy atom. The van der Waals surface area contributed by atoms with Crippen molar-refractivity contribution in [3.05, 3.63) is 24.2 Å². The molecule has 0 saturated carbocycles. The maximum atomic E-state index is 5.89. The average Bonchev–Trinajstić information content (AvgIpc) is 2.87. The molecule has 104 valence electrons. The minimum absolute atomic E-state index is 0.275. The number of nitrogens with one attached hydrogen (secondary N) is 1. The fourth-order valence-corrected chi connectivity index (χ4v) is 2.21. The highest BCUT2D eigenvalue weighted by molar-refractivity contribution is 5.01. The van der Waals surface area contributed by atoms with Gasteiger partial charge in [-0.3, -0.25) is 0 Å². The van der Waals surface area contributed by atoms with E-state index in [1.807, 2.05) is 12.1 Å². The van der Waals surface area contributed by atoms with E-state index in [0.29, 0.717) is 6.04 Å². The lowest BCUT2D eigenvalue weighted by Crippen LogP contribution is -2.43. The van der Waals surface area contributed by atoms with Gasteiger partial charge in [-0.2, -0.15) is 0 Å². The number of furan rings is 1. The zero-order valence-corrected chi connectivity index (χ0v) is 11.9. The van der Waals surface area contributed by atoms with Crippen molar-refractivity contribution < 1.29 is 9.15 Å². The molecule has 0 fully saturated rings. The monoisotopic (exact) mass is 253 g/mol. The first-order valence-corrected chi connectivity index (χ1v) is 7.19. The third kappa shape index (κ3) is 5.23. The summed E-state index contributed by atoms with van der Waals surface area (Å²) in [5, 5.41) is 3.59. The highest BCUT2D eigenvalue weighted by Crippen LogP contribution is 2.13. The van der Waals surface area contributed by atoms with Gasteiger partial charge < -0.3 is 14.5 Å². The molecule has 0 saturated heterocycles. The Morgan fingerprint density at radius 1 is 1.28 bits per heavy atom. The van der Waals surface area contributed by atoms with Crippen LogP contribution in [0, 0.1) is 0 Å². The first-order chi connectivity index (χ1) is 8.81. The second-order valence-corrected chi connectivity index (χ2v) is 4.63. The lowest BCUT2D eigenvalue weighted by atomic mass is 10.0. The van der Waals surface area contributed by atoms with Crippen molar-refractivity contribution in [1.29, 1.82) is 0 Å². The predicted molar refractivity (Wildman–Crippen MR) is 74.8 cm³/mol. The SMILES string of the molecule is CCCNC(Cc1ccco1)C(CCC)OCC. The van der Waals surface area contributed by atoms with E-state index in [1.54, 1.807) is 6.26 Å². The standard InChI is InChI=1S/C15H27NO2/c1-4-8-15(17-6-3)14(16-10-5-2)12-13-9-7-11-18-13/h7,9,11,14-16H,4-6,8,10,12H2,1-3H3. The van der Waals surface area contributed by atoms with Crippen LogP contribution >= 0.6 is 0 Å². The normalized spacial score (nSPS) is 14.6. The van der Waals surface area contributed by atoms with Crippen molar-refractivity contribution in [2.45, 2.75) is 58.6 Å². The van der Waals surface area contributed by atoms with Gasteiger partial charge in [0, 0.05) is 19.1 Å². The summed E-state index contributed by atoms with van der Waals surface area (Å²) in [7, 11) is 0. The first kappa shape index (κ1) is 15.3. The molecule has 0 amide bonds. The molecular weight excluding hydrogens is 226 g/mol. The molecule has 3 heteroatoms. The fraction of sp³-hybridized carbons (Fsp3) is 0.733. The highest BCUT2D eigenvalue weighted by atomic mass is 16.5. The molecule has 3 nitrogen and oxygen atoms in total. The molecule has 0 aliphatic heterocycles. The maximum Gasteiger partial charge on any atom is 0.105 e. The van der Waals surface area contributed by atoms with Gasteiger partial charge in [0.25, 0.3) is 0 Å². The van der Waals surface area contributed by atoms with Gasteiger partial charge >= 0.3 is 0 Å². The third-order valence-corrected chi connectivity index (χ3v) is 3.06. The van der Waals surface area contributed by atoms with E-state index in [-0.39, 0.29) is 6.10 Å². The van der Waals surface area contributed by atoms with E-state index < -0.39 is 0 Å². The zero-order chi connectivity index (χ0) is 13.2. The summed E-state index contributed by atoms with van der Waals surface area (Å²) in [6.45, 7) is 8.25. The molecule has 18 heavy (non-hydrogen) atoms. The molecule has 1 heterocycles. The van der Waals surface area contributed by atoms with Crippen molar-refractivity contribution in [3.8, 4) is 0 Å². The number of hydrogen-bond donors (Lipinski definition) is 1. The number of ether oxygens (including phenoxy) is 1. The van der Waals surface area contributed by atoms with Gasteiger partial charge in [0.2, 0.25) is 0 Å². The minimum atomic E-state index is 0.275. The Morgan fingerprint density at radius 3 is 2.67 bits per heavy atom. The minimum Gasteiger partial charge on any atom is -0.469 e. The van der Waals surface area contributed by atoms with Crippen LogP contribution in [0.4, 0.5) is 0 Å². The summed E-state index contributed by atoms with van der Waals surface area (Å²) < 4.78 is 11.3. The van der Waals surface area contributed by atoms with Crippen LogP contribution in [-0.4, -0.2) is 25.3 Å². The summed E-state index contributed by atoms with van der Waals surface area (Å²) >= 11 is 0. The van der Waals surface area contributed by atoms with E-state index in [9.17, 15) is 0 Å². The van der Waals surface area contributed by atoms with Crippen LogP contribution in [0.25, 0.3) is 0 Å². The summed E-state index contributed by atoms with van der Waals surface area (Å²) in [6.07, 6.45) is 6.29. The van der Waals surface area contributed by atoms with Gasteiger partial charge in [-0.1, -0.05) is 20.3 Å². The van der Waals surface area contributed by atoms with Crippen LogP contribution in [0.15, 0.2) is 22.8 Å². The van der Waals surface area contributed by atoms with E-state index in [1.165, 1.54) is 0 Å². The molecule has 0 bridgehead atoms. The Hall–Kier alpha value is -0.800. The van der Waals surface area contributed by atoms with Crippen LogP contribution in [0.1, 0.15) is 45.8 Å². The molecule has 1 N–H and O–H groups in total. The number of hydrogen-bond acceptors (Lipinski definition) is 3. The van der Waals surface area contributed by atoms with E-state index in [0.717, 1.165) is 44.6 Å². The highest BCUT2D eigenvalue weighted by Gasteiger charge is 2.21. The van der Waals surface area contributed by atoms with Gasteiger partial charge in [0.15, 0.2) is 0 Å². The molecule has 0 radical (unpaired) electrons. The van der Waals surface area contributed by atoms with Crippen molar-refractivity contribution in [2.24, 2.45) is 0 Å². The van der Waals surface area contributed by atoms with Crippen molar-refractivity contribution in [3.63, 3.8) is 0 Å². The number of rotatable bonds is 10. The van der Waals surface area contributed by atoms with Gasteiger partial charge in [-0.05, 0) is 38.4 Å². The quantitative estimate of drug-likeness (QED) is 0.694. The van der Waals surface area contributed by atoms with Gasteiger partial charge in [0.1, 0.15) is 5.76 Å². The molecule has 0 aliphatic carbocycles. The molecule has 2 atom stereocenters. The Kier molecular flexibility index (Phi) is 7.78. The van der Waals surface area contributed by atoms with Crippen LogP contribution in [0.5, 0.6) is 0 Å². The largest absolute Gasteiger partial charge is 0.469 e. The lowest BCUT2D eigenvalue weighted by Gasteiger charge is -2.27. The second kappa shape index (κ2) is 9.17. The van der Waals surface area contributed by atoms with Crippen LogP contribution in [0.3, 0.4) is 0 Å². The second-order valence-electron chi connectivity index (χ2n) is 4.63. The smallest absolute Gasteiger partial charge is 0.105 e. The van der Waals surface area contributed by atoms with Crippen molar-refractivity contribution >= 4 is 0 Å². The van der Waals surface area contributed by atoms with Crippen LogP contribution < -0.4 is 5.32 Å². The van der Waals surface area contributed by atoms with E-state index >= 15 is 0 Å². The summed E-state index contributed by atoms with van der Waals surface area (Å²) in [5.74, 6) is 1.03. The summed E-state index contributed by atoms with van der Waals surface area (Å²) in [4.78, 5) is 0. The fourth-order valence-electron chi connectivity index (χ4n) is 2.21. The maximum absolute atomic E-state index is 5.89. The zero-order valence-electron chi connectivity index (χ0n) is 11.9. The third-order valence-electron chi connectivity index (χ3n) is 3.06. The van der Waals surface area contributed by atoms with E-state index in [2.05, 4.69) is 26.1 Å². The molecule has 0 aromatic carbocycles. The van der Waals surface area contributed by atoms with Gasteiger partial charge in [-0.25, -0.2) is 0 Å². The molecule has 1 rings (SSSR count). The molecular formula is C15H27NO2. The van der Waals surface area contributed by atoms with Crippen molar-refractivity contribution in [2.75, 3.05) is 13.2 Å². The van der Waals surface area contributed by atoms with Gasteiger partial charge in [0.05, 0.1) is 12.4 Å². The first-order valence-electron chi connectivity index (χ1n) is 7.19. The lowest BCUT2D eigenvalue weighted by molar-refractivity contribution is 0.0270. The van der Waals surface area contributed by atoms with Gasteiger partial charge in [-0.15, -0.1) is 0 Å². The van der Waals surface area contributed by atoms with Crippen LogP contribution in [-0.2, 0) is 11.2 Å². The summed E-state index contributed by atoms with van der Waals surface area (Å²) in [6, 6.07) is 4.33. The molecule has 0 aliphatic rings. The molecule has 0 spiro atoms.